The van der Waals surface area contributed by atoms with Gasteiger partial charge in [0.25, 0.3) is 0 Å². The second-order valence-electron chi connectivity index (χ2n) is 5.97. The van der Waals surface area contributed by atoms with Gasteiger partial charge in [0.1, 0.15) is 11.6 Å². The molecule has 6 heteroatoms. The van der Waals surface area contributed by atoms with Gasteiger partial charge in [-0.3, -0.25) is 9.59 Å². The second kappa shape index (κ2) is 7.34. The van der Waals surface area contributed by atoms with Gasteiger partial charge in [-0.15, -0.1) is 0 Å². The SMILES string of the molecule is COc1ccc(N2C[C@H](NC(=O)Cc3ccc(F)cc3)CC2=O)cc1. The molecule has 1 saturated heterocycles. The Balaban J connectivity index is 1.58. The summed E-state index contributed by atoms with van der Waals surface area (Å²) in [4.78, 5) is 26.0. The minimum absolute atomic E-state index is 0.0303. The molecule has 0 unspecified atom stereocenters. The molecule has 5 nitrogen and oxygen atoms in total. The molecule has 1 atom stereocenters. The first-order valence-corrected chi connectivity index (χ1v) is 8.03. The van der Waals surface area contributed by atoms with Crippen LogP contribution in [-0.2, 0) is 16.0 Å². The van der Waals surface area contributed by atoms with Crippen LogP contribution in [0.15, 0.2) is 48.5 Å². The van der Waals surface area contributed by atoms with Crippen molar-refractivity contribution >= 4 is 17.5 Å². The monoisotopic (exact) mass is 342 g/mol. The van der Waals surface area contributed by atoms with Crippen LogP contribution < -0.4 is 15.0 Å². The molecular weight excluding hydrogens is 323 g/mol. The summed E-state index contributed by atoms with van der Waals surface area (Å²) < 4.78 is 18.0. The van der Waals surface area contributed by atoms with E-state index in [1.165, 1.54) is 12.1 Å². The van der Waals surface area contributed by atoms with Crippen molar-refractivity contribution < 1.29 is 18.7 Å². The lowest BCUT2D eigenvalue weighted by atomic mass is 10.1. The van der Waals surface area contributed by atoms with Crippen LogP contribution in [0, 0.1) is 5.82 Å². The van der Waals surface area contributed by atoms with Crippen molar-refractivity contribution in [2.45, 2.75) is 18.9 Å². The molecule has 1 fully saturated rings. The van der Waals surface area contributed by atoms with E-state index in [0.29, 0.717) is 6.54 Å². The maximum absolute atomic E-state index is 12.9. The summed E-state index contributed by atoms with van der Waals surface area (Å²) in [5, 5.41) is 2.87. The zero-order chi connectivity index (χ0) is 17.8. The highest BCUT2D eigenvalue weighted by Gasteiger charge is 2.31. The summed E-state index contributed by atoms with van der Waals surface area (Å²) in [5.41, 5.74) is 1.51. The lowest BCUT2D eigenvalue weighted by Gasteiger charge is -2.17. The summed E-state index contributed by atoms with van der Waals surface area (Å²) in [5.74, 6) is 0.179. The minimum Gasteiger partial charge on any atom is -0.497 e. The van der Waals surface area contributed by atoms with Gasteiger partial charge in [0.15, 0.2) is 0 Å². The summed E-state index contributed by atoms with van der Waals surface area (Å²) in [6, 6.07) is 12.8. The molecule has 130 valence electrons. The molecule has 3 rings (SSSR count). The van der Waals surface area contributed by atoms with Crippen molar-refractivity contribution in [3.8, 4) is 5.75 Å². The molecule has 2 aromatic carbocycles. The summed E-state index contributed by atoms with van der Waals surface area (Å²) >= 11 is 0. The third kappa shape index (κ3) is 4.15. The molecule has 1 aliphatic rings. The predicted octanol–water partition coefficient (Wildman–Crippen LogP) is 2.30. The van der Waals surface area contributed by atoms with Crippen molar-refractivity contribution in [2.24, 2.45) is 0 Å². The number of carbonyl (C=O) groups is 2. The molecule has 0 bridgehead atoms. The zero-order valence-corrected chi connectivity index (χ0v) is 13.9. The summed E-state index contributed by atoms with van der Waals surface area (Å²) in [7, 11) is 1.59. The van der Waals surface area contributed by atoms with Crippen molar-refractivity contribution in [1.82, 2.24) is 5.32 Å². The first-order valence-electron chi connectivity index (χ1n) is 8.03. The number of methoxy groups -OCH3 is 1. The van der Waals surface area contributed by atoms with Gasteiger partial charge in [-0.05, 0) is 42.0 Å². The lowest BCUT2D eigenvalue weighted by Crippen LogP contribution is -2.38. The Morgan fingerprint density at radius 2 is 1.88 bits per heavy atom. The van der Waals surface area contributed by atoms with Gasteiger partial charge >= 0.3 is 0 Å². The summed E-state index contributed by atoms with van der Waals surface area (Å²) in [6.07, 6.45) is 0.425. The first-order chi connectivity index (χ1) is 12.0. The Hall–Kier alpha value is -2.89. The van der Waals surface area contributed by atoms with Crippen LogP contribution in [0.1, 0.15) is 12.0 Å². The molecule has 1 heterocycles. The molecule has 25 heavy (non-hydrogen) atoms. The lowest BCUT2D eigenvalue weighted by molar-refractivity contribution is -0.121. The van der Waals surface area contributed by atoms with Gasteiger partial charge < -0.3 is 15.0 Å². The van der Waals surface area contributed by atoms with E-state index in [1.807, 2.05) is 12.1 Å². The number of ether oxygens (including phenoxy) is 1. The van der Waals surface area contributed by atoms with Gasteiger partial charge in [-0.2, -0.15) is 0 Å². The zero-order valence-electron chi connectivity index (χ0n) is 13.9. The molecular formula is C19H19FN2O3. The van der Waals surface area contributed by atoms with E-state index in [0.717, 1.165) is 17.0 Å². The van der Waals surface area contributed by atoms with E-state index >= 15 is 0 Å². The topological polar surface area (TPSA) is 58.6 Å². The molecule has 0 aromatic heterocycles. The Morgan fingerprint density at radius 3 is 2.52 bits per heavy atom. The highest BCUT2D eigenvalue weighted by molar-refractivity contribution is 5.97. The molecule has 0 radical (unpaired) electrons. The van der Waals surface area contributed by atoms with Crippen LogP contribution in [0.5, 0.6) is 5.75 Å². The van der Waals surface area contributed by atoms with Crippen LogP contribution >= 0.6 is 0 Å². The van der Waals surface area contributed by atoms with E-state index in [4.69, 9.17) is 4.74 Å². The van der Waals surface area contributed by atoms with Crippen LogP contribution in [0.2, 0.25) is 0 Å². The molecule has 2 amide bonds. The van der Waals surface area contributed by atoms with Gasteiger partial charge in [-0.25, -0.2) is 4.39 Å². The molecule has 1 N–H and O–H groups in total. The maximum Gasteiger partial charge on any atom is 0.229 e. The van der Waals surface area contributed by atoms with E-state index < -0.39 is 0 Å². The predicted molar refractivity (Wildman–Crippen MR) is 92.0 cm³/mol. The third-order valence-electron chi connectivity index (χ3n) is 4.15. The van der Waals surface area contributed by atoms with Gasteiger partial charge in [-0.1, -0.05) is 12.1 Å². The van der Waals surface area contributed by atoms with Crippen molar-refractivity contribution in [1.29, 1.82) is 0 Å². The van der Waals surface area contributed by atoms with Crippen molar-refractivity contribution in [2.75, 3.05) is 18.6 Å². The van der Waals surface area contributed by atoms with Gasteiger partial charge in [0.05, 0.1) is 19.6 Å². The Bertz CT molecular complexity index is 759. The minimum atomic E-state index is -0.333. The Kier molecular flexibility index (Phi) is 4.97. The molecule has 2 aromatic rings. The number of benzene rings is 2. The standard InChI is InChI=1S/C19H19FN2O3/c1-25-17-8-6-16(7-9-17)22-12-15(11-19(22)24)21-18(23)10-13-2-4-14(20)5-3-13/h2-9,15H,10-12H2,1H3,(H,21,23)/t15-/m1/s1. The number of amides is 2. The van der Waals surface area contributed by atoms with Crippen LogP contribution in [0.4, 0.5) is 10.1 Å². The normalized spacial score (nSPS) is 16.8. The van der Waals surface area contributed by atoms with E-state index in [9.17, 15) is 14.0 Å². The average Bonchev–Trinajstić information content (AvgIpc) is 2.97. The van der Waals surface area contributed by atoms with E-state index in [-0.39, 0.29) is 36.5 Å². The number of nitrogens with zero attached hydrogens (tertiary/aromatic N) is 1. The van der Waals surface area contributed by atoms with Gasteiger partial charge in [0.2, 0.25) is 11.8 Å². The highest BCUT2D eigenvalue weighted by Crippen LogP contribution is 2.24. The maximum atomic E-state index is 12.9. The Labute approximate surface area is 145 Å². The van der Waals surface area contributed by atoms with Gasteiger partial charge in [0, 0.05) is 18.7 Å². The van der Waals surface area contributed by atoms with Crippen LogP contribution in [0.25, 0.3) is 0 Å². The number of halogens is 1. The molecule has 0 aliphatic carbocycles. The number of nitrogens with one attached hydrogen (secondary N) is 1. The fourth-order valence-corrected chi connectivity index (χ4v) is 2.88. The average molecular weight is 342 g/mol. The fraction of sp³-hybridized carbons (Fsp3) is 0.263. The Morgan fingerprint density at radius 1 is 1.20 bits per heavy atom. The third-order valence-corrected chi connectivity index (χ3v) is 4.15. The molecule has 0 spiro atoms. The van der Waals surface area contributed by atoms with Crippen LogP contribution in [-0.4, -0.2) is 31.5 Å². The number of rotatable bonds is 5. The molecule has 1 aliphatic heterocycles. The van der Waals surface area contributed by atoms with E-state index in [1.54, 1.807) is 36.3 Å². The number of anilines is 1. The van der Waals surface area contributed by atoms with Crippen molar-refractivity contribution in [3.05, 3.63) is 59.9 Å². The smallest absolute Gasteiger partial charge is 0.229 e. The second-order valence-corrected chi connectivity index (χ2v) is 5.97. The fourth-order valence-electron chi connectivity index (χ4n) is 2.88. The van der Waals surface area contributed by atoms with Crippen molar-refractivity contribution in [3.63, 3.8) is 0 Å². The first kappa shape index (κ1) is 17.0. The number of carbonyl (C=O) groups excluding carboxylic acids is 2. The van der Waals surface area contributed by atoms with E-state index in [2.05, 4.69) is 5.32 Å². The highest BCUT2D eigenvalue weighted by atomic mass is 19.1. The van der Waals surface area contributed by atoms with Crippen LogP contribution in [0.3, 0.4) is 0 Å². The number of hydrogen-bond donors (Lipinski definition) is 1. The molecule has 0 saturated carbocycles. The number of hydrogen-bond acceptors (Lipinski definition) is 3. The summed E-state index contributed by atoms with van der Waals surface area (Å²) in [6.45, 7) is 0.431. The quantitative estimate of drug-likeness (QED) is 0.907. The largest absolute Gasteiger partial charge is 0.497 e.